The minimum Gasteiger partial charge on any atom is -0.469 e. The van der Waals surface area contributed by atoms with Crippen molar-refractivity contribution in [3.8, 4) is 0 Å². The average molecular weight is 423 g/mol. The Morgan fingerprint density at radius 2 is 1.59 bits per heavy atom. The quantitative estimate of drug-likeness (QED) is 0.677. The van der Waals surface area contributed by atoms with Crippen LogP contribution in [0.2, 0.25) is 0 Å². The van der Waals surface area contributed by atoms with Gasteiger partial charge in [0, 0.05) is 32.1 Å². The van der Waals surface area contributed by atoms with E-state index < -0.39 is 10.0 Å². The van der Waals surface area contributed by atoms with Crippen molar-refractivity contribution in [1.82, 2.24) is 9.21 Å². The van der Waals surface area contributed by atoms with Gasteiger partial charge in [-0.05, 0) is 43.7 Å². The van der Waals surface area contributed by atoms with Crippen molar-refractivity contribution in [2.45, 2.75) is 38.4 Å². The largest absolute Gasteiger partial charge is 0.469 e. The highest BCUT2D eigenvalue weighted by molar-refractivity contribution is 7.88. The number of likely N-dealkylation sites (tertiary alicyclic amines) is 1. The van der Waals surface area contributed by atoms with Gasteiger partial charge in [0.05, 0.1) is 18.8 Å². The molecule has 2 aliphatic heterocycles. The predicted octanol–water partition coefficient (Wildman–Crippen LogP) is 1.95. The molecule has 0 aliphatic carbocycles. The summed E-state index contributed by atoms with van der Waals surface area (Å²) in [5, 5.41) is 0. The number of piperidine rings is 2. The van der Waals surface area contributed by atoms with Crippen LogP contribution in [0.5, 0.6) is 0 Å². The lowest BCUT2D eigenvalue weighted by Gasteiger charge is -2.36. The molecule has 0 aromatic heterocycles. The fourth-order valence-corrected chi connectivity index (χ4v) is 5.87. The van der Waals surface area contributed by atoms with Gasteiger partial charge >= 0.3 is 5.97 Å². The predicted molar refractivity (Wildman–Crippen MR) is 109 cm³/mol. The van der Waals surface area contributed by atoms with Crippen LogP contribution in [0, 0.1) is 18.8 Å². The van der Waals surface area contributed by atoms with Gasteiger partial charge in [0.15, 0.2) is 0 Å². The molecule has 2 aliphatic rings. The number of benzene rings is 1. The lowest BCUT2D eigenvalue weighted by atomic mass is 9.92. The molecule has 1 aromatic rings. The first-order valence-corrected chi connectivity index (χ1v) is 11.8. The molecule has 0 saturated carbocycles. The summed E-state index contributed by atoms with van der Waals surface area (Å²) >= 11 is 0. The molecule has 160 valence electrons. The Bertz CT molecular complexity index is 838. The molecule has 0 atom stereocenters. The monoisotopic (exact) mass is 422 g/mol. The van der Waals surface area contributed by atoms with E-state index >= 15 is 0 Å². The average Bonchev–Trinajstić information content (AvgIpc) is 2.74. The van der Waals surface area contributed by atoms with Gasteiger partial charge in [-0.1, -0.05) is 24.3 Å². The molecule has 0 unspecified atom stereocenters. The molecule has 0 radical (unpaired) electrons. The zero-order valence-electron chi connectivity index (χ0n) is 17.2. The Kier molecular flexibility index (Phi) is 6.95. The third-order valence-corrected chi connectivity index (χ3v) is 7.96. The van der Waals surface area contributed by atoms with E-state index in [1.165, 1.54) is 11.4 Å². The molecule has 0 bridgehead atoms. The fraction of sp³-hybridized carbons (Fsp3) is 0.619. The van der Waals surface area contributed by atoms with Crippen molar-refractivity contribution in [2.24, 2.45) is 11.8 Å². The van der Waals surface area contributed by atoms with E-state index in [-0.39, 0.29) is 29.5 Å². The molecule has 3 rings (SSSR count). The highest BCUT2D eigenvalue weighted by Crippen LogP contribution is 2.26. The van der Waals surface area contributed by atoms with Gasteiger partial charge in [0.2, 0.25) is 15.9 Å². The second kappa shape index (κ2) is 9.26. The number of rotatable bonds is 5. The van der Waals surface area contributed by atoms with E-state index in [1.807, 2.05) is 36.1 Å². The van der Waals surface area contributed by atoms with Crippen molar-refractivity contribution >= 4 is 21.9 Å². The Balaban J connectivity index is 1.52. The molecule has 0 spiro atoms. The van der Waals surface area contributed by atoms with Crippen LogP contribution in [0.15, 0.2) is 24.3 Å². The Hall–Kier alpha value is -1.93. The zero-order valence-corrected chi connectivity index (χ0v) is 18.0. The van der Waals surface area contributed by atoms with Crippen molar-refractivity contribution in [1.29, 1.82) is 0 Å². The second-order valence-electron chi connectivity index (χ2n) is 7.98. The summed E-state index contributed by atoms with van der Waals surface area (Å²) in [6.45, 7) is 3.79. The Morgan fingerprint density at radius 3 is 2.17 bits per heavy atom. The number of hydrogen-bond acceptors (Lipinski definition) is 5. The smallest absolute Gasteiger partial charge is 0.308 e. The standard InChI is InChI=1S/C21H30N2O5S/c1-16-5-3-4-6-19(16)15-29(26,27)23-13-9-17(10-14-23)20(24)22-11-7-18(8-12-22)21(25)28-2/h3-6,17-18H,7-15H2,1-2H3. The lowest BCUT2D eigenvalue weighted by molar-refractivity contribution is -0.149. The number of ether oxygens (including phenoxy) is 1. The topological polar surface area (TPSA) is 84.0 Å². The first-order valence-electron chi connectivity index (χ1n) is 10.2. The number of methoxy groups -OCH3 is 1. The van der Waals surface area contributed by atoms with E-state index in [4.69, 9.17) is 4.74 Å². The van der Waals surface area contributed by atoms with E-state index in [1.54, 1.807) is 0 Å². The SMILES string of the molecule is COC(=O)C1CCN(C(=O)C2CCN(S(=O)(=O)Cc3ccccc3C)CC2)CC1. The molecule has 29 heavy (non-hydrogen) atoms. The van der Waals surface area contributed by atoms with Gasteiger partial charge in [-0.25, -0.2) is 12.7 Å². The summed E-state index contributed by atoms with van der Waals surface area (Å²) < 4.78 is 31.9. The van der Waals surface area contributed by atoms with Crippen molar-refractivity contribution < 1.29 is 22.7 Å². The first-order chi connectivity index (χ1) is 13.8. The van der Waals surface area contributed by atoms with Crippen LogP contribution in [0.3, 0.4) is 0 Å². The van der Waals surface area contributed by atoms with Gasteiger partial charge in [-0.3, -0.25) is 9.59 Å². The minimum absolute atomic E-state index is 0.000667. The van der Waals surface area contributed by atoms with Gasteiger partial charge < -0.3 is 9.64 Å². The maximum absolute atomic E-state index is 12.8. The van der Waals surface area contributed by atoms with Gasteiger partial charge in [0.1, 0.15) is 0 Å². The summed E-state index contributed by atoms with van der Waals surface area (Å²) in [7, 11) is -2.01. The minimum atomic E-state index is -3.40. The summed E-state index contributed by atoms with van der Waals surface area (Å²) in [6.07, 6.45) is 2.34. The second-order valence-corrected chi connectivity index (χ2v) is 9.95. The summed E-state index contributed by atoms with van der Waals surface area (Å²) in [5.74, 6) is -0.389. The molecule has 7 nitrogen and oxygen atoms in total. The normalized spacial score (nSPS) is 19.9. The van der Waals surface area contributed by atoms with E-state index in [0.29, 0.717) is 51.9 Å². The zero-order chi connectivity index (χ0) is 21.0. The van der Waals surface area contributed by atoms with Crippen LogP contribution in [0.4, 0.5) is 0 Å². The summed E-state index contributed by atoms with van der Waals surface area (Å²) in [6, 6.07) is 7.52. The molecule has 2 fully saturated rings. The van der Waals surface area contributed by atoms with E-state index in [0.717, 1.165) is 11.1 Å². The van der Waals surface area contributed by atoms with Crippen LogP contribution < -0.4 is 0 Å². The number of amides is 1. The fourth-order valence-electron chi connectivity index (χ4n) is 4.20. The number of carbonyl (C=O) groups excluding carboxylic acids is 2. The van der Waals surface area contributed by atoms with Gasteiger partial charge in [-0.15, -0.1) is 0 Å². The first kappa shape index (κ1) is 21.8. The Morgan fingerprint density at radius 1 is 1.00 bits per heavy atom. The maximum atomic E-state index is 12.8. The van der Waals surface area contributed by atoms with E-state index in [2.05, 4.69) is 0 Å². The highest BCUT2D eigenvalue weighted by Gasteiger charge is 2.35. The van der Waals surface area contributed by atoms with Crippen LogP contribution in [0.25, 0.3) is 0 Å². The number of nitrogens with zero attached hydrogens (tertiary/aromatic N) is 2. The molecule has 1 amide bonds. The number of aryl methyl sites for hydroxylation is 1. The Labute approximate surface area is 173 Å². The third-order valence-electron chi connectivity index (χ3n) is 6.14. The highest BCUT2D eigenvalue weighted by atomic mass is 32.2. The number of carbonyl (C=O) groups is 2. The number of sulfonamides is 1. The maximum Gasteiger partial charge on any atom is 0.308 e. The lowest BCUT2D eigenvalue weighted by Crippen LogP contribution is -2.47. The van der Waals surface area contributed by atoms with Crippen LogP contribution in [-0.4, -0.2) is 62.8 Å². The molecule has 8 heteroatoms. The number of hydrogen-bond donors (Lipinski definition) is 0. The van der Waals surface area contributed by atoms with Crippen molar-refractivity contribution in [2.75, 3.05) is 33.3 Å². The van der Waals surface area contributed by atoms with Crippen LogP contribution in [0.1, 0.15) is 36.8 Å². The third kappa shape index (κ3) is 5.17. The summed E-state index contributed by atoms with van der Waals surface area (Å²) in [4.78, 5) is 26.3. The molecule has 1 aromatic carbocycles. The van der Waals surface area contributed by atoms with E-state index in [9.17, 15) is 18.0 Å². The molecular formula is C21H30N2O5S. The molecule has 0 N–H and O–H groups in total. The molecule has 2 heterocycles. The van der Waals surface area contributed by atoms with Crippen LogP contribution in [-0.2, 0) is 30.1 Å². The molecule has 2 saturated heterocycles. The number of esters is 1. The van der Waals surface area contributed by atoms with Gasteiger partial charge in [0.25, 0.3) is 0 Å². The van der Waals surface area contributed by atoms with Crippen molar-refractivity contribution in [3.63, 3.8) is 0 Å². The molecular weight excluding hydrogens is 392 g/mol. The van der Waals surface area contributed by atoms with Gasteiger partial charge in [-0.2, -0.15) is 0 Å². The van der Waals surface area contributed by atoms with Crippen molar-refractivity contribution in [3.05, 3.63) is 35.4 Å². The summed E-state index contributed by atoms with van der Waals surface area (Å²) in [5.41, 5.74) is 1.79. The van der Waals surface area contributed by atoms with Crippen LogP contribution >= 0.6 is 0 Å².